The second-order valence-corrected chi connectivity index (χ2v) is 5.22. The first kappa shape index (κ1) is 15.7. The zero-order chi connectivity index (χ0) is 16.9. The van der Waals surface area contributed by atoms with Crippen LogP contribution >= 0.6 is 0 Å². The van der Waals surface area contributed by atoms with E-state index in [-0.39, 0.29) is 18.4 Å². The van der Waals surface area contributed by atoms with Gasteiger partial charge in [0.1, 0.15) is 12.1 Å². The van der Waals surface area contributed by atoms with Crippen molar-refractivity contribution in [1.29, 1.82) is 0 Å². The highest BCUT2D eigenvalue weighted by molar-refractivity contribution is 5.97. The molecular formula is C17H17N5O2. The molecule has 7 heteroatoms. The molecule has 0 fully saturated rings. The molecule has 7 nitrogen and oxygen atoms in total. The normalized spacial score (nSPS) is 10.5. The maximum atomic E-state index is 12.2. The molecule has 3 rings (SSSR count). The summed E-state index contributed by atoms with van der Waals surface area (Å²) in [5.74, 6) is -0.408. The molecule has 0 unspecified atom stereocenters. The van der Waals surface area contributed by atoms with Gasteiger partial charge in [0, 0.05) is 17.8 Å². The number of nitrogens with zero attached hydrogens (tertiary/aromatic N) is 3. The minimum Gasteiger partial charge on any atom is -0.352 e. The molecule has 2 amide bonds. The van der Waals surface area contributed by atoms with Crippen molar-refractivity contribution in [3.63, 3.8) is 0 Å². The number of carbonyl (C=O) groups excluding carboxylic acids is 2. The SMILES string of the molecule is CCNC(=O)c1cccc(NC(=O)Cn2nnc3ccccc32)c1. The smallest absolute Gasteiger partial charge is 0.251 e. The van der Waals surface area contributed by atoms with E-state index in [0.717, 1.165) is 11.0 Å². The van der Waals surface area contributed by atoms with Gasteiger partial charge in [0.25, 0.3) is 5.91 Å². The van der Waals surface area contributed by atoms with Gasteiger partial charge in [-0.05, 0) is 37.3 Å². The van der Waals surface area contributed by atoms with Crippen molar-refractivity contribution in [3.8, 4) is 0 Å². The fourth-order valence-corrected chi connectivity index (χ4v) is 2.37. The van der Waals surface area contributed by atoms with Gasteiger partial charge < -0.3 is 10.6 Å². The lowest BCUT2D eigenvalue weighted by Gasteiger charge is -2.08. The second-order valence-electron chi connectivity index (χ2n) is 5.22. The zero-order valence-corrected chi connectivity index (χ0v) is 13.2. The zero-order valence-electron chi connectivity index (χ0n) is 13.2. The number of hydrogen-bond donors (Lipinski definition) is 2. The van der Waals surface area contributed by atoms with Crippen LogP contribution < -0.4 is 10.6 Å². The highest BCUT2D eigenvalue weighted by Gasteiger charge is 2.10. The average molecular weight is 323 g/mol. The Balaban J connectivity index is 1.71. The van der Waals surface area contributed by atoms with Crippen LogP contribution in [0.1, 0.15) is 17.3 Å². The Bertz CT molecular complexity index is 887. The number of para-hydroxylation sites is 1. The third-order valence-corrected chi connectivity index (χ3v) is 3.46. The lowest BCUT2D eigenvalue weighted by Crippen LogP contribution is -2.23. The van der Waals surface area contributed by atoms with Gasteiger partial charge in [-0.25, -0.2) is 4.68 Å². The Morgan fingerprint density at radius 3 is 2.79 bits per heavy atom. The molecule has 0 aliphatic rings. The van der Waals surface area contributed by atoms with Gasteiger partial charge >= 0.3 is 0 Å². The molecule has 0 radical (unpaired) electrons. The number of amides is 2. The summed E-state index contributed by atoms with van der Waals surface area (Å²) in [6.07, 6.45) is 0. The molecule has 2 N–H and O–H groups in total. The fraction of sp³-hybridized carbons (Fsp3) is 0.176. The number of hydrogen-bond acceptors (Lipinski definition) is 4. The molecule has 1 heterocycles. The maximum absolute atomic E-state index is 12.2. The van der Waals surface area contributed by atoms with Crippen LogP contribution in [0.25, 0.3) is 11.0 Å². The van der Waals surface area contributed by atoms with E-state index in [0.29, 0.717) is 17.8 Å². The van der Waals surface area contributed by atoms with Crippen LogP contribution in [-0.2, 0) is 11.3 Å². The molecular weight excluding hydrogens is 306 g/mol. The van der Waals surface area contributed by atoms with E-state index in [4.69, 9.17) is 0 Å². The molecule has 0 saturated heterocycles. The van der Waals surface area contributed by atoms with Gasteiger partial charge in [-0.3, -0.25) is 9.59 Å². The molecule has 0 atom stereocenters. The summed E-state index contributed by atoms with van der Waals surface area (Å²) in [7, 11) is 0. The first-order chi connectivity index (χ1) is 11.7. The third-order valence-electron chi connectivity index (χ3n) is 3.46. The van der Waals surface area contributed by atoms with Crippen LogP contribution in [0.15, 0.2) is 48.5 Å². The van der Waals surface area contributed by atoms with Gasteiger partial charge in [0.2, 0.25) is 5.91 Å². The third kappa shape index (κ3) is 3.40. The molecule has 1 aromatic heterocycles. The van der Waals surface area contributed by atoms with Crippen molar-refractivity contribution in [2.45, 2.75) is 13.5 Å². The molecule has 2 aromatic carbocycles. The molecule has 0 saturated carbocycles. The van der Waals surface area contributed by atoms with Crippen molar-refractivity contribution in [1.82, 2.24) is 20.3 Å². The largest absolute Gasteiger partial charge is 0.352 e. The molecule has 0 aliphatic carbocycles. The summed E-state index contributed by atoms with van der Waals surface area (Å²) in [4.78, 5) is 24.1. The maximum Gasteiger partial charge on any atom is 0.251 e. The minimum absolute atomic E-state index is 0.0475. The quantitative estimate of drug-likeness (QED) is 0.749. The number of anilines is 1. The fourth-order valence-electron chi connectivity index (χ4n) is 2.37. The summed E-state index contributed by atoms with van der Waals surface area (Å²) in [5, 5.41) is 13.5. The number of fused-ring (bicyclic) bond motifs is 1. The Labute approximate surface area is 138 Å². The second kappa shape index (κ2) is 6.91. The first-order valence-corrected chi connectivity index (χ1v) is 7.63. The van der Waals surface area contributed by atoms with Crippen molar-refractivity contribution >= 4 is 28.5 Å². The summed E-state index contributed by atoms with van der Waals surface area (Å²) in [6.45, 7) is 2.45. The molecule has 0 bridgehead atoms. The monoisotopic (exact) mass is 323 g/mol. The van der Waals surface area contributed by atoms with Crippen molar-refractivity contribution in [2.24, 2.45) is 0 Å². The summed E-state index contributed by atoms with van der Waals surface area (Å²) >= 11 is 0. The van der Waals surface area contributed by atoms with Crippen LogP contribution in [0.2, 0.25) is 0 Å². The number of aromatic nitrogens is 3. The molecule has 122 valence electrons. The Kier molecular flexibility index (Phi) is 4.51. The van der Waals surface area contributed by atoms with Gasteiger partial charge in [0.15, 0.2) is 0 Å². The molecule has 0 spiro atoms. The number of benzene rings is 2. The van der Waals surface area contributed by atoms with Crippen LogP contribution in [0.5, 0.6) is 0 Å². The molecule has 24 heavy (non-hydrogen) atoms. The standard InChI is InChI=1S/C17H17N5O2/c1-2-18-17(24)12-6-5-7-13(10-12)19-16(23)11-22-15-9-4-3-8-14(15)20-21-22/h3-10H,2,11H2,1H3,(H,18,24)(H,19,23). The highest BCUT2D eigenvalue weighted by Crippen LogP contribution is 2.12. The number of rotatable bonds is 5. The van der Waals surface area contributed by atoms with Gasteiger partial charge in [-0.2, -0.15) is 0 Å². The lowest BCUT2D eigenvalue weighted by molar-refractivity contribution is -0.116. The van der Waals surface area contributed by atoms with Crippen LogP contribution in [0.3, 0.4) is 0 Å². The average Bonchev–Trinajstić information content (AvgIpc) is 2.98. The van der Waals surface area contributed by atoms with Crippen LogP contribution in [0, 0.1) is 0 Å². The van der Waals surface area contributed by atoms with Crippen LogP contribution in [0.4, 0.5) is 5.69 Å². The van der Waals surface area contributed by atoms with Gasteiger partial charge in [-0.15, -0.1) is 5.10 Å². The number of nitrogens with one attached hydrogen (secondary N) is 2. The topological polar surface area (TPSA) is 88.9 Å². The van der Waals surface area contributed by atoms with Crippen molar-refractivity contribution in [3.05, 3.63) is 54.1 Å². The van der Waals surface area contributed by atoms with E-state index in [9.17, 15) is 9.59 Å². The highest BCUT2D eigenvalue weighted by atomic mass is 16.2. The van der Waals surface area contributed by atoms with Gasteiger partial charge in [-0.1, -0.05) is 23.4 Å². The summed E-state index contributed by atoms with van der Waals surface area (Å²) in [6, 6.07) is 14.2. The van der Waals surface area contributed by atoms with Gasteiger partial charge in [0.05, 0.1) is 5.52 Å². The summed E-state index contributed by atoms with van der Waals surface area (Å²) in [5.41, 5.74) is 2.60. The lowest BCUT2D eigenvalue weighted by atomic mass is 10.2. The van der Waals surface area contributed by atoms with Crippen LogP contribution in [-0.4, -0.2) is 33.4 Å². The van der Waals surface area contributed by atoms with Crippen molar-refractivity contribution in [2.75, 3.05) is 11.9 Å². The van der Waals surface area contributed by atoms with E-state index in [1.807, 2.05) is 31.2 Å². The van der Waals surface area contributed by atoms with E-state index >= 15 is 0 Å². The van der Waals surface area contributed by atoms with E-state index < -0.39 is 0 Å². The molecule has 3 aromatic rings. The van der Waals surface area contributed by atoms with E-state index in [2.05, 4.69) is 20.9 Å². The Morgan fingerprint density at radius 2 is 1.96 bits per heavy atom. The molecule has 0 aliphatic heterocycles. The van der Waals surface area contributed by atoms with E-state index in [1.165, 1.54) is 4.68 Å². The summed E-state index contributed by atoms with van der Waals surface area (Å²) < 4.78 is 1.54. The van der Waals surface area contributed by atoms with Crippen molar-refractivity contribution < 1.29 is 9.59 Å². The predicted octanol–water partition coefficient (Wildman–Crippen LogP) is 1.82. The minimum atomic E-state index is -0.237. The predicted molar refractivity (Wildman–Crippen MR) is 90.6 cm³/mol. The van der Waals surface area contributed by atoms with E-state index in [1.54, 1.807) is 24.3 Å². The Hall–Kier alpha value is -3.22. The number of carbonyl (C=O) groups is 2. The Morgan fingerprint density at radius 1 is 1.12 bits per heavy atom. The first-order valence-electron chi connectivity index (χ1n) is 7.63.